The van der Waals surface area contributed by atoms with E-state index in [-0.39, 0.29) is 16.5 Å². The number of carbonyl (C=O) groups is 2. The van der Waals surface area contributed by atoms with Gasteiger partial charge in [0.2, 0.25) is 5.91 Å². The topological polar surface area (TPSA) is 102 Å². The summed E-state index contributed by atoms with van der Waals surface area (Å²) in [5.41, 5.74) is 1.20. The second-order valence-electron chi connectivity index (χ2n) is 6.56. The Hall–Kier alpha value is -2.87. The van der Waals surface area contributed by atoms with Gasteiger partial charge in [-0.1, -0.05) is 13.8 Å². The Kier molecular flexibility index (Phi) is 7.39. The number of rotatable bonds is 8. The molecule has 0 fully saturated rings. The molecule has 0 aliphatic heterocycles. The van der Waals surface area contributed by atoms with Crippen LogP contribution in [0.25, 0.3) is 0 Å². The first-order valence-electron chi connectivity index (χ1n) is 9.33. The van der Waals surface area contributed by atoms with Crippen LogP contribution in [0.1, 0.15) is 44.0 Å². The molecule has 7 nitrogen and oxygen atoms in total. The highest BCUT2D eigenvalue weighted by Gasteiger charge is 2.25. The number of ether oxygens (including phenoxy) is 1. The SMILES string of the molecule is CCC(CC)S(=O)(=O)c1ccc(OC)c(NC(=O)c2ccc(NC(C)=O)cc2)c1. The number of anilines is 2. The van der Waals surface area contributed by atoms with Crippen molar-refractivity contribution in [1.82, 2.24) is 0 Å². The molecule has 0 spiro atoms. The molecule has 0 saturated carbocycles. The Morgan fingerprint density at radius 1 is 1.00 bits per heavy atom. The Morgan fingerprint density at radius 3 is 2.14 bits per heavy atom. The van der Waals surface area contributed by atoms with Crippen molar-refractivity contribution in [3.05, 3.63) is 48.0 Å². The summed E-state index contributed by atoms with van der Waals surface area (Å²) in [4.78, 5) is 23.9. The van der Waals surface area contributed by atoms with E-state index in [1.54, 1.807) is 24.3 Å². The van der Waals surface area contributed by atoms with Gasteiger partial charge in [0.25, 0.3) is 5.91 Å². The lowest BCUT2D eigenvalue weighted by Crippen LogP contribution is -2.20. The van der Waals surface area contributed by atoms with Crippen LogP contribution < -0.4 is 15.4 Å². The van der Waals surface area contributed by atoms with E-state index >= 15 is 0 Å². The zero-order chi connectivity index (χ0) is 21.6. The maximum atomic E-state index is 12.8. The summed E-state index contributed by atoms with van der Waals surface area (Å²) >= 11 is 0. The van der Waals surface area contributed by atoms with Crippen molar-refractivity contribution in [2.24, 2.45) is 0 Å². The summed E-state index contributed by atoms with van der Waals surface area (Å²) in [5, 5.41) is 4.85. The minimum absolute atomic E-state index is 0.142. The molecule has 2 aromatic rings. The first kappa shape index (κ1) is 22.4. The van der Waals surface area contributed by atoms with Crippen molar-refractivity contribution in [3.8, 4) is 5.75 Å². The molecule has 2 rings (SSSR count). The van der Waals surface area contributed by atoms with Gasteiger partial charge in [0.1, 0.15) is 5.75 Å². The van der Waals surface area contributed by atoms with E-state index in [4.69, 9.17) is 4.74 Å². The molecule has 0 saturated heterocycles. The lowest BCUT2D eigenvalue weighted by Gasteiger charge is -2.16. The van der Waals surface area contributed by atoms with E-state index in [1.165, 1.54) is 32.2 Å². The van der Waals surface area contributed by atoms with E-state index in [0.29, 0.717) is 29.8 Å². The number of sulfone groups is 1. The molecule has 156 valence electrons. The Labute approximate surface area is 171 Å². The number of amides is 2. The monoisotopic (exact) mass is 418 g/mol. The standard InChI is InChI=1S/C21H26N2O5S/c1-5-17(6-2)29(26,27)18-11-12-20(28-4)19(13-18)23-21(25)15-7-9-16(10-8-15)22-14(3)24/h7-13,17H,5-6H2,1-4H3,(H,22,24)(H,23,25). The molecule has 2 N–H and O–H groups in total. The largest absolute Gasteiger partial charge is 0.495 e. The third-order valence-electron chi connectivity index (χ3n) is 4.56. The van der Waals surface area contributed by atoms with Crippen LogP contribution in [0.4, 0.5) is 11.4 Å². The first-order chi connectivity index (χ1) is 13.7. The van der Waals surface area contributed by atoms with Gasteiger partial charge in [-0.25, -0.2) is 8.42 Å². The number of nitrogens with one attached hydrogen (secondary N) is 2. The van der Waals surface area contributed by atoms with Crippen LogP contribution in [0.3, 0.4) is 0 Å². The molecule has 8 heteroatoms. The summed E-state index contributed by atoms with van der Waals surface area (Å²) in [6, 6.07) is 10.8. The second kappa shape index (κ2) is 9.56. The zero-order valence-electron chi connectivity index (χ0n) is 17.0. The van der Waals surface area contributed by atoms with E-state index < -0.39 is 21.0 Å². The van der Waals surface area contributed by atoms with Crippen LogP contribution in [0, 0.1) is 0 Å². The fourth-order valence-electron chi connectivity index (χ4n) is 2.98. The average Bonchev–Trinajstić information content (AvgIpc) is 2.68. The van der Waals surface area contributed by atoms with Crippen LogP contribution in [-0.2, 0) is 14.6 Å². The van der Waals surface area contributed by atoms with Crippen LogP contribution in [0.15, 0.2) is 47.4 Å². The molecule has 29 heavy (non-hydrogen) atoms. The summed E-state index contributed by atoms with van der Waals surface area (Å²) in [7, 11) is -2.07. The van der Waals surface area contributed by atoms with Gasteiger partial charge >= 0.3 is 0 Å². The smallest absolute Gasteiger partial charge is 0.255 e. The maximum absolute atomic E-state index is 12.8. The normalized spacial score (nSPS) is 11.2. The van der Waals surface area contributed by atoms with Crippen LogP contribution in [0.5, 0.6) is 5.75 Å². The molecule has 0 radical (unpaired) electrons. The third kappa shape index (κ3) is 5.35. The fourth-order valence-corrected chi connectivity index (χ4v) is 4.79. The van der Waals surface area contributed by atoms with Gasteiger partial charge in [0, 0.05) is 18.2 Å². The van der Waals surface area contributed by atoms with Crippen molar-refractivity contribution in [1.29, 1.82) is 0 Å². The summed E-state index contributed by atoms with van der Waals surface area (Å²) < 4.78 is 30.9. The quantitative estimate of drug-likeness (QED) is 0.678. The van der Waals surface area contributed by atoms with E-state index in [1.807, 2.05) is 13.8 Å². The van der Waals surface area contributed by atoms with Gasteiger partial charge in [-0.3, -0.25) is 9.59 Å². The first-order valence-corrected chi connectivity index (χ1v) is 10.9. The Morgan fingerprint density at radius 2 is 1.62 bits per heavy atom. The van der Waals surface area contributed by atoms with Crippen molar-refractivity contribution in [3.63, 3.8) is 0 Å². The lowest BCUT2D eigenvalue weighted by atomic mass is 10.2. The zero-order valence-corrected chi connectivity index (χ0v) is 17.8. The van der Waals surface area contributed by atoms with Gasteiger partial charge in [-0.2, -0.15) is 0 Å². The highest BCUT2D eigenvalue weighted by atomic mass is 32.2. The molecule has 0 aliphatic carbocycles. The molecule has 2 amide bonds. The Balaban J connectivity index is 2.31. The highest BCUT2D eigenvalue weighted by molar-refractivity contribution is 7.92. The number of hydrogen-bond acceptors (Lipinski definition) is 5. The van der Waals surface area contributed by atoms with E-state index in [2.05, 4.69) is 10.6 Å². The third-order valence-corrected chi connectivity index (χ3v) is 7.02. The van der Waals surface area contributed by atoms with Crippen LogP contribution in [-0.4, -0.2) is 32.6 Å². The van der Waals surface area contributed by atoms with Gasteiger partial charge in [-0.05, 0) is 55.3 Å². The molecule has 0 aromatic heterocycles. The summed E-state index contributed by atoms with van der Waals surface area (Å²) in [5.74, 6) is -0.270. The predicted octanol–water partition coefficient (Wildman–Crippen LogP) is 3.87. The minimum Gasteiger partial charge on any atom is -0.495 e. The van der Waals surface area contributed by atoms with Crippen molar-refractivity contribution in [2.45, 2.75) is 43.8 Å². The van der Waals surface area contributed by atoms with Gasteiger partial charge in [-0.15, -0.1) is 0 Å². The molecule has 0 heterocycles. The molecule has 0 atom stereocenters. The highest BCUT2D eigenvalue weighted by Crippen LogP contribution is 2.30. The van der Waals surface area contributed by atoms with Crippen molar-refractivity contribution >= 4 is 33.0 Å². The van der Waals surface area contributed by atoms with Gasteiger partial charge < -0.3 is 15.4 Å². The number of hydrogen-bond donors (Lipinski definition) is 2. The second-order valence-corrected chi connectivity index (χ2v) is 8.79. The minimum atomic E-state index is -3.51. The van der Waals surface area contributed by atoms with Crippen molar-refractivity contribution < 1.29 is 22.7 Å². The fraction of sp³-hybridized carbons (Fsp3) is 0.333. The summed E-state index contributed by atoms with van der Waals surface area (Å²) in [6.07, 6.45) is 1.01. The van der Waals surface area contributed by atoms with Gasteiger partial charge in [0.05, 0.1) is 22.9 Å². The number of methoxy groups -OCH3 is 1. The average molecular weight is 419 g/mol. The lowest BCUT2D eigenvalue weighted by molar-refractivity contribution is -0.114. The van der Waals surface area contributed by atoms with Gasteiger partial charge in [0.15, 0.2) is 9.84 Å². The van der Waals surface area contributed by atoms with Crippen LogP contribution >= 0.6 is 0 Å². The molecule has 0 aliphatic rings. The summed E-state index contributed by atoms with van der Waals surface area (Å²) in [6.45, 7) is 5.07. The predicted molar refractivity (Wildman–Crippen MR) is 113 cm³/mol. The van der Waals surface area contributed by atoms with Crippen molar-refractivity contribution in [2.75, 3.05) is 17.7 Å². The van der Waals surface area contributed by atoms with E-state index in [9.17, 15) is 18.0 Å². The molecule has 0 unspecified atom stereocenters. The maximum Gasteiger partial charge on any atom is 0.255 e. The number of benzene rings is 2. The molecule has 0 bridgehead atoms. The van der Waals surface area contributed by atoms with E-state index in [0.717, 1.165) is 0 Å². The molecule has 2 aromatic carbocycles. The van der Waals surface area contributed by atoms with Crippen LogP contribution in [0.2, 0.25) is 0 Å². The Bertz CT molecular complexity index is 981. The number of carbonyl (C=O) groups excluding carboxylic acids is 2. The molecular weight excluding hydrogens is 392 g/mol. The molecular formula is C21H26N2O5S.